The summed E-state index contributed by atoms with van der Waals surface area (Å²) in [5.41, 5.74) is 3.03. The Morgan fingerprint density at radius 2 is 1.64 bits per heavy atom. The van der Waals surface area contributed by atoms with Crippen molar-refractivity contribution in [2.24, 2.45) is 0 Å². The highest BCUT2D eigenvalue weighted by molar-refractivity contribution is 5.73. The fourth-order valence-corrected chi connectivity index (χ4v) is 3.50. The standard InChI is InChI=1S/C24H28FNO2/c1-17(18-12-14-20(15-13-18)19-9-6-5-7-10-19)22(25)21-11-8-16-26(21)23(27)28-24(2,3)4/h5-7,9-10,12-15,21H,8,11,16H2,1-4H3/b22-17-. The van der Waals surface area contributed by atoms with E-state index in [2.05, 4.69) is 12.1 Å². The number of nitrogens with zero attached hydrogens (tertiary/aromatic N) is 1. The van der Waals surface area contributed by atoms with E-state index in [-0.39, 0.29) is 5.83 Å². The van der Waals surface area contributed by atoms with Crippen LogP contribution in [0.1, 0.15) is 46.1 Å². The van der Waals surface area contributed by atoms with Gasteiger partial charge in [-0.1, -0.05) is 54.6 Å². The minimum Gasteiger partial charge on any atom is -0.444 e. The van der Waals surface area contributed by atoms with E-state index >= 15 is 4.39 Å². The SMILES string of the molecule is C/C(=C(/F)C1CCCN1C(=O)OC(C)(C)C)c1ccc(-c2ccccc2)cc1. The van der Waals surface area contributed by atoms with Crippen LogP contribution in [0.3, 0.4) is 0 Å². The third-order valence-corrected chi connectivity index (χ3v) is 4.96. The van der Waals surface area contributed by atoms with Gasteiger partial charge in [-0.25, -0.2) is 9.18 Å². The van der Waals surface area contributed by atoms with Crippen molar-refractivity contribution in [1.82, 2.24) is 4.90 Å². The Hall–Kier alpha value is -2.62. The zero-order chi connectivity index (χ0) is 20.3. The highest BCUT2D eigenvalue weighted by atomic mass is 19.1. The lowest BCUT2D eigenvalue weighted by Gasteiger charge is -2.28. The Balaban J connectivity index is 1.81. The van der Waals surface area contributed by atoms with E-state index in [0.29, 0.717) is 18.5 Å². The van der Waals surface area contributed by atoms with Crippen LogP contribution in [0.15, 0.2) is 60.4 Å². The van der Waals surface area contributed by atoms with Gasteiger partial charge in [0.2, 0.25) is 0 Å². The second-order valence-electron chi connectivity index (χ2n) is 8.25. The summed E-state index contributed by atoms with van der Waals surface area (Å²) >= 11 is 0. The zero-order valence-electron chi connectivity index (χ0n) is 17.0. The molecule has 4 heteroatoms. The lowest BCUT2D eigenvalue weighted by atomic mass is 9.99. The molecule has 3 rings (SSSR count). The van der Waals surface area contributed by atoms with Crippen LogP contribution in [0.25, 0.3) is 16.7 Å². The third-order valence-electron chi connectivity index (χ3n) is 4.96. The molecular weight excluding hydrogens is 353 g/mol. The molecule has 0 radical (unpaired) electrons. The molecule has 2 aromatic rings. The molecule has 3 nitrogen and oxygen atoms in total. The van der Waals surface area contributed by atoms with Gasteiger partial charge in [-0.2, -0.15) is 0 Å². The normalized spacial score (nSPS) is 18.0. The Bertz CT molecular complexity index is 850. The lowest BCUT2D eigenvalue weighted by molar-refractivity contribution is 0.0236. The van der Waals surface area contributed by atoms with Crippen LogP contribution < -0.4 is 0 Å². The van der Waals surface area contributed by atoms with Crippen molar-refractivity contribution >= 4 is 11.7 Å². The van der Waals surface area contributed by atoms with Crippen molar-refractivity contribution in [3.8, 4) is 11.1 Å². The molecule has 1 amide bonds. The van der Waals surface area contributed by atoms with E-state index in [1.54, 1.807) is 6.92 Å². The van der Waals surface area contributed by atoms with Crippen LogP contribution in [0, 0.1) is 0 Å². The molecule has 2 aromatic carbocycles. The Labute approximate surface area is 166 Å². The second kappa shape index (κ2) is 8.17. The van der Waals surface area contributed by atoms with Crippen molar-refractivity contribution in [2.75, 3.05) is 6.54 Å². The summed E-state index contributed by atoms with van der Waals surface area (Å²) in [4.78, 5) is 14.0. The summed E-state index contributed by atoms with van der Waals surface area (Å²) in [7, 11) is 0. The first-order valence-corrected chi connectivity index (χ1v) is 9.78. The molecule has 0 saturated carbocycles. The quantitative estimate of drug-likeness (QED) is 0.611. The number of halogens is 1. The van der Waals surface area contributed by atoms with Crippen LogP contribution >= 0.6 is 0 Å². The fraction of sp³-hybridized carbons (Fsp3) is 0.375. The molecule has 0 N–H and O–H groups in total. The monoisotopic (exact) mass is 381 g/mol. The van der Waals surface area contributed by atoms with Crippen molar-refractivity contribution in [3.05, 3.63) is 66.0 Å². The maximum atomic E-state index is 15.3. The van der Waals surface area contributed by atoms with Crippen molar-refractivity contribution in [2.45, 2.75) is 52.2 Å². The number of ether oxygens (including phenoxy) is 1. The van der Waals surface area contributed by atoms with Gasteiger partial charge in [0.1, 0.15) is 11.4 Å². The van der Waals surface area contributed by atoms with Crippen LogP contribution in [0.2, 0.25) is 0 Å². The number of benzene rings is 2. The number of amides is 1. The highest BCUT2D eigenvalue weighted by Crippen LogP contribution is 2.32. The summed E-state index contributed by atoms with van der Waals surface area (Å²) in [6.07, 6.45) is 0.944. The van der Waals surface area contributed by atoms with Gasteiger partial charge in [-0.15, -0.1) is 0 Å². The number of carbonyl (C=O) groups excluding carboxylic acids is 1. The van der Waals surface area contributed by atoms with Gasteiger partial charge in [-0.05, 0) is 62.8 Å². The van der Waals surface area contributed by atoms with E-state index in [4.69, 9.17) is 4.74 Å². The third kappa shape index (κ3) is 4.61. The smallest absolute Gasteiger partial charge is 0.410 e. The van der Waals surface area contributed by atoms with Gasteiger partial charge in [-0.3, -0.25) is 4.90 Å². The minimum absolute atomic E-state index is 0.254. The van der Waals surface area contributed by atoms with E-state index in [0.717, 1.165) is 23.1 Å². The molecule has 0 aromatic heterocycles. The first kappa shape index (κ1) is 20.1. The molecule has 1 saturated heterocycles. The fourth-order valence-electron chi connectivity index (χ4n) is 3.50. The first-order valence-electron chi connectivity index (χ1n) is 9.78. The summed E-state index contributed by atoms with van der Waals surface area (Å²) in [5, 5.41) is 0. The number of rotatable bonds is 3. The summed E-state index contributed by atoms with van der Waals surface area (Å²) in [6.45, 7) is 7.76. The van der Waals surface area contributed by atoms with Gasteiger partial charge in [0, 0.05) is 6.54 Å². The van der Waals surface area contributed by atoms with Crippen LogP contribution in [-0.4, -0.2) is 29.2 Å². The maximum Gasteiger partial charge on any atom is 0.410 e. The average molecular weight is 381 g/mol. The Kier molecular flexibility index (Phi) is 5.87. The number of hydrogen-bond donors (Lipinski definition) is 0. The summed E-state index contributed by atoms with van der Waals surface area (Å²) in [5.74, 6) is -0.254. The number of allylic oxidation sites excluding steroid dienone is 1. The van der Waals surface area contributed by atoms with Gasteiger partial charge in [0.15, 0.2) is 0 Å². The molecule has 148 valence electrons. The van der Waals surface area contributed by atoms with Crippen LogP contribution in [-0.2, 0) is 4.74 Å². The van der Waals surface area contributed by atoms with Crippen molar-refractivity contribution in [1.29, 1.82) is 0 Å². The van der Waals surface area contributed by atoms with Crippen molar-refractivity contribution in [3.63, 3.8) is 0 Å². The van der Waals surface area contributed by atoms with E-state index in [1.807, 2.05) is 63.2 Å². The number of hydrogen-bond acceptors (Lipinski definition) is 2. The molecule has 1 heterocycles. The van der Waals surface area contributed by atoms with Crippen molar-refractivity contribution < 1.29 is 13.9 Å². The van der Waals surface area contributed by atoms with Gasteiger partial charge >= 0.3 is 6.09 Å². The molecule has 1 fully saturated rings. The lowest BCUT2D eigenvalue weighted by Crippen LogP contribution is -2.40. The zero-order valence-corrected chi connectivity index (χ0v) is 17.0. The Morgan fingerprint density at radius 3 is 2.25 bits per heavy atom. The molecule has 1 unspecified atom stereocenters. The molecule has 0 bridgehead atoms. The largest absolute Gasteiger partial charge is 0.444 e. The van der Waals surface area contributed by atoms with E-state index < -0.39 is 17.7 Å². The number of likely N-dealkylation sites (tertiary alicyclic amines) is 1. The van der Waals surface area contributed by atoms with Gasteiger partial charge < -0.3 is 4.74 Å². The highest BCUT2D eigenvalue weighted by Gasteiger charge is 2.35. The second-order valence-corrected chi connectivity index (χ2v) is 8.25. The molecule has 0 spiro atoms. The molecular formula is C24H28FNO2. The van der Waals surface area contributed by atoms with Gasteiger partial charge in [0.25, 0.3) is 0 Å². The van der Waals surface area contributed by atoms with Gasteiger partial charge in [0.05, 0.1) is 6.04 Å². The summed E-state index contributed by atoms with van der Waals surface area (Å²) < 4.78 is 20.7. The maximum absolute atomic E-state index is 15.3. The van der Waals surface area contributed by atoms with Crippen LogP contribution in [0.5, 0.6) is 0 Å². The minimum atomic E-state index is -0.591. The molecule has 1 atom stereocenters. The first-order chi connectivity index (χ1) is 13.3. The molecule has 1 aliphatic rings. The number of carbonyl (C=O) groups is 1. The predicted molar refractivity (Wildman–Crippen MR) is 112 cm³/mol. The summed E-state index contributed by atoms with van der Waals surface area (Å²) in [6, 6.07) is 17.4. The predicted octanol–water partition coefficient (Wildman–Crippen LogP) is 6.45. The average Bonchev–Trinajstić information content (AvgIpc) is 3.16. The van der Waals surface area contributed by atoms with E-state index in [9.17, 15) is 4.79 Å². The molecule has 0 aliphatic carbocycles. The van der Waals surface area contributed by atoms with E-state index in [1.165, 1.54) is 4.90 Å². The van der Waals surface area contributed by atoms with Crippen LogP contribution in [0.4, 0.5) is 9.18 Å². The Morgan fingerprint density at radius 1 is 1.04 bits per heavy atom. The topological polar surface area (TPSA) is 29.5 Å². The molecule has 28 heavy (non-hydrogen) atoms. The molecule has 1 aliphatic heterocycles.